The Kier molecular flexibility index (Phi) is 4.76. The van der Waals surface area contributed by atoms with E-state index in [0.717, 1.165) is 25.9 Å². The van der Waals surface area contributed by atoms with Crippen LogP contribution in [0.3, 0.4) is 0 Å². The van der Waals surface area contributed by atoms with E-state index in [1.165, 1.54) is 0 Å². The highest BCUT2D eigenvalue weighted by Crippen LogP contribution is 2.24. The van der Waals surface area contributed by atoms with E-state index in [4.69, 9.17) is 17.3 Å². The third kappa shape index (κ3) is 3.18. The highest BCUT2D eigenvalue weighted by molar-refractivity contribution is 6.31. The average molecular weight is 298 g/mol. The SMILES string of the molecule is CC(N)C1CCCN(C(=O)c2cc(Cl)cn2C(C)C)C1. The molecule has 2 rings (SSSR count). The van der Waals surface area contributed by atoms with Gasteiger partial charge in [-0.3, -0.25) is 4.79 Å². The van der Waals surface area contributed by atoms with Crippen molar-refractivity contribution in [2.24, 2.45) is 11.7 Å². The Morgan fingerprint density at radius 2 is 2.15 bits per heavy atom. The molecular formula is C15H24ClN3O. The highest BCUT2D eigenvalue weighted by Gasteiger charge is 2.28. The summed E-state index contributed by atoms with van der Waals surface area (Å²) in [6, 6.07) is 2.11. The van der Waals surface area contributed by atoms with Crippen molar-refractivity contribution in [3.05, 3.63) is 23.0 Å². The molecule has 2 N–H and O–H groups in total. The van der Waals surface area contributed by atoms with Crippen LogP contribution >= 0.6 is 11.6 Å². The van der Waals surface area contributed by atoms with Gasteiger partial charge in [0.2, 0.25) is 0 Å². The van der Waals surface area contributed by atoms with Gasteiger partial charge in [-0.1, -0.05) is 11.6 Å². The van der Waals surface area contributed by atoms with Crippen molar-refractivity contribution in [2.45, 2.75) is 45.7 Å². The molecule has 4 nitrogen and oxygen atoms in total. The fourth-order valence-corrected chi connectivity index (χ4v) is 3.04. The number of hydrogen-bond acceptors (Lipinski definition) is 2. The smallest absolute Gasteiger partial charge is 0.270 e. The quantitative estimate of drug-likeness (QED) is 0.932. The second-order valence-corrected chi connectivity index (χ2v) is 6.49. The first-order valence-corrected chi connectivity index (χ1v) is 7.70. The van der Waals surface area contributed by atoms with Crippen molar-refractivity contribution in [1.29, 1.82) is 0 Å². The summed E-state index contributed by atoms with van der Waals surface area (Å²) in [6.07, 6.45) is 3.95. The maximum atomic E-state index is 12.7. The molecule has 0 spiro atoms. The van der Waals surface area contributed by atoms with E-state index in [9.17, 15) is 4.79 Å². The Bertz CT molecular complexity index is 481. The predicted molar refractivity (Wildman–Crippen MR) is 82.1 cm³/mol. The Labute approximate surface area is 125 Å². The molecule has 1 fully saturated rings. The number of nitrogens with zero attached hydrogens (tertiary/aromatic N) is 2. The molecule has 1 aliphatic heterocycles. The largest absolute Gasteiger partial charge is 0.339 e. The van der Waals surface area contributed by atoms with Crippen molar-refractivity contribution in [3.63, 3.8) is 0 Å². The molecule has 1 amide bonds. The van der Waals surface area contributed by atoms with Gasteiger partial charge in [-0.2, -0.15) is 0 Å². The van der Waals surface area contributed by atoms with Crippen molar-refractivity contribution in [3.8, 4) is 0 Å². The molecule has 1 aromatic heterocycles. The number of amides is 1. The molecular weight excluding hydrogens is 274 g/mol. The van der Waals surface area contributed by atoms with Gasteiger partial charge in [0.1, 0.15) is 5.69 Å². The molecule has 2 heterocycles. The number of nitrogens with two attached hydrogens (primary N) is 1. The molecule has 2 unspecified atom stereocenters. The number of hydrogen-bond donors (Lipinski definition) is 1. The second kappa shape index (κ2) is 6.19. The summed E-state index contributed by atoms with van der Waals surface area (Å²) < 4.78 is 1.94. The van der Waals surface area contributed by atoms with E-state index in [1.54, 1.807) is 6.07 Å². The standard InChI is InChI=1S/C15H24ClN3O/c1-10(2)19-9-13(16)7-14(19)15(20)18-6-4-5-12(8-18)11(3)17/h7,9-12H,4-6,8,17H2,1-3H3. The molecule has 0 aliphatic carbocycles. The summed E-state index contributed by atoms with van der Waals surface area (Å²) in [7, 11) is 0. The molecule has 20 heavy (non-hydrogen) atoms. The number of carbonyl (C=O) groups excluding carboxylic acids is 1. The molecule has 0 bridgehead atoms. The van der Waals surface area contributed by atoms with Crippen LogP contribution in [0, 0.1) is 5.92 Å². The first-order chi connectivity index (χ1) is 9.40. The number of carbonyl (C=O) groups is 1. The lowest BCUT2D eigenvalue weighted by Gasteiger charge is -2.35. The third-order valence-electron chi connectivity index (χ3n) is 4.08. The highest BCUT2D eigenvalue weighted by atomic mass is 35.5. The maximum absolute atomic E-state index is 12.7. The topological polar surface area (TPSA) is 51.3 Å². The summed E-state index contributed by atoms with van der Waals surface area (Å²) in [5, 5.41) is 0.614. The van der Waals surface area contributed by atoms with Crippen LogP contribution < -0.4 is 5.73 Å². The lowest BCUT2D eigenvalue weighted by atomic mass is 9.92. The summed E-state index contributed by atoms with van der Waals surface area (Å²) in [5.74, 6) is 0.460. The van der Waals surface area contributed by atoms with E-state index >= 15 is 0 Å². The molecule has 0 radical (unpaired) electrons. The van der Waals surface area contributed by atoms with E-state index < -0.39 is 0 Å². The number of aromatic nitrogens is 1. The van der Waals surface area contributed by atoms with E-state index in [-0.39, 0.29) is 18.0 Å². The van der Waals surface area contributed by atoms with Crippen molar-refractivity contribution < 1.29 is 4.79 Å². The fourth-order valence-electron chi connectivity index (χ4n) is 2.83. The van der Waals surface area contributed by atoms with Crippen LogP contribution in [0.25, 0.3) is 0 Å². The molecule has 112 valence electrons. The maximum Gasteiger partial charge on any atom is 0.270 e. The van der Waals surface area contributed by atoms with Gasteiger partial charge in [0.05, 0.1) is 5.02 Å². The van der Waals surface area contributed by atoms with Gasteiger partial charge >= 0.3 is 0 Å². The molecule has 0 aromatic carbocycles. The summed E-state index contributed by atoms with van der Waals surface area (Å²) in [6.45, 7) is 7.68. The zero-order chi connectivity index (χ0) is 14.9. The van der Waals surface area contributed by atoms with Crippen molar-refractivity contribution in [1.82, 2.24) is 9.47 Å². The lowest BCUT2D eigenvalue weighted by molar-refractivity contribution is 0.0648. The van der Waals surface area contributed by atoms with Crippen LogP contribution in [0.4, 0.5) is 0 Å². The third-order valence-corrected chi connectivity index (χ3v) is 4.29. The Balaban J connectivity index is 2.19. The fraction of sp³-hybridized carbons (Fsp3) is 0.667. The van der Waals surface area contributed by atoms with Gasteiger partial charge in [0.25, 0.3) is 5.91 Å². The average Bonchev–Trinajstić information content (AvgIpc) is 2.80. The van der Waals surface area contributed by atoms with Crippen LogP contribution in [0.5, 0.6) is 0 Å². The predicted octanol–water partition coefficient (Wildman–Crippen LogP) is 2.92. The summed E-state index contributed by atoms with van der Waals surface area (Å²) >= 11 is 6.06. The van der Waals surface area contributed by atoms with Gasteiger partial charge in [-0.05, 0) is 45.6 Å². The molecule has 0 saturated carbocycles. The minimum atomic E-state index is 0.0657. The van der Waals surface area contributed by atoms with Gasteiger partial charge in [-0.25, -0.2) is 0 Å². The molecule has 1 aliphatic rings. The molecule has 1 aromatic rings. The van der Waals surface area contributed by atoms with E-state index in [0.29, 0.717) is 16.6 Å². The van der Waals surface area contributed by atoms with Gasteiger partial charge in [0.15, 0.2) is 0 Å². The Morgan fingerprint density at radius 3 is 2.75 bits per heavy atom. The van der Waals surface area contributed by atoms with Gasteiger partial charge in [-0.15, -0.1) is 0 Å². The van der Waals surface area contributed by atoms with Crippen LogP contribution in [-0.4, -0.2) is 34.5 Å². The van der Waals surface area contributed by atoms with Crippen LogP contribution in [-0.2, 0) is 0 Å². The zero-order valence-corrected chi connectivity index (χ0v) is 13.2. The summed E-state index contributed by atoms with van der Waals surface area (Å²) in [4.78, 5) is 14.6. The number of likely N-dealkylation sites (tertiary alicyclic amines) is 1. The Morgan fingerprint density at radius 1 is 1.45 bits per heavy atom. The van der Waals surface area contributed by atoms with Crippen LogP contribution in [0.2, 0.25) is 5.02 Å². The molecule has 2 atom stereocenters. The van der Waals surface area contributed by atoms with E-state index in [1.807, 2.05) is 36.4 Å². The van der Waals surface area contributed by atoms with Crippen molar-refractivity contribution >= 4 is 17.5 Å². The van der Waals surface area contributed by atoms with Crippen LogP contribution in [0.15, 0.2) is 12.3 Å². The van der Waals surface area contributed by atoms with Crippen molar-refractivity contribution in [2.75, 3.05) is 13.1 Å². The van der Waals surface area contributed by atoms with E-state index in [2.05, 4.69) is 0 Å². The van der Waals surface area contributed by atoms with Gasteiger partial charge < -0.3 is 15.2 Å². The second-order valence-electron chi connectivity index (χ2n) is 6.06. The molecule has 1 saturated heterocycles. The minimum absolute atomic E-state index is 0.0657. The lowest BCUT2D eigenvalue weighted by Crippen LogP contribution is -2.45. The number of piperidine rings is 1. The number of rotatable bonds is 3. The zero-order valence-electron chi connectivity index (χ0n) is 12.5. The van der Waals surface area contributed by atoms with Gasteiger partial charge in [0, 0.05) is 31.4 Å². The monoisotopic (exact) mass is 297 g/mol. The minimum Gasteiger partial charge on any atom is -0.339 e. The summed E-state index contributed by atoms with van der Waals surface area (Å²) in [5.41, 5.74) is 6.66. The molecule has 5 heteroatoms. The Hall–Kier alpha value is -1.00. The first kappa shape index (κ1) is 15.4. The first-order valence-electron chi connectivity index (χ1n) is 7.32. The number of halogens is 1. The van der Waals surface area contributed by atoms with Crippen LogP contribution in [0.1, 0.15) is 50.1 Å². The normalized spacial score (nSPS) is 21.3.